The van der Waals surface area contributed by atoms with Crippen LogP contribution < -0.4 is 10.0 Å². The van der Waals surface area contributed by atoms with E-state index < -0.39 is 10.0 Å². The summed E-state index contributed by atoms with van der Waals surface area (Å²) in [6.45, 7) is 8.66. The van der Waals surface area contributed by atoms with Crippen LogP contribution in [0.15, 0.2) is 23.1 Å². The van der Waals surface area contributed by atoms with E-state index in [0.717, 1.165) is 24.0 Å². The van der Waals surface area contributed by atoms with Crippen molar-refractivity contribution in [3.8, 4) is 0 Å². The van der Waals surface area contributed by atoms with Gasteiger partial charge in [0.15, 0.2) is 0 Å². The van der Waals surface area contributed by atoms with Crippen molar-refractivity contribution in [1.82, 2.24) is 10.0 Å². The van der Waals surface area contributed by atoms with E-state index in [1.54, 1.807) is 6.07 Å². The van der Waals surface area contributed by atoms with E-state index in [4.69, 9.17) is 0 Å². The summed E-state index contributed by atoms with van der Waals surface area (Å²) in [6.07, 6.45) is 1.83. The third-order valence-corrected chi connectivity index (χ3v) is 5.55. The molecule has 0 saturated heterocycles. The summed E-state index contributed by atoms with van der Waals surface area (Å²) in [5.74, 6) is 0. The van der Waals surface area contributed by atoms with Crippen molar-refractivity contribution in [2.24, 2.45) is 0 Å². The molecule has 2 rings (SSSR count). The van der Waals surface area contributed by atoms with Gasteiger partial charge >= 0.3 is 0 Å². The normalized spacial score (nSPS) is 17.4. The fourth-order valence-electron chi connectivity index (χ4n) is 2.13. The monoisotopic (exact) mass is 296 g/mol. The Kier molecular flexibility index (Phi) is 4.23. The smallest absolute Gasteiger partial charge is 0.241 e. The maximum Gasteiger partial charge on any atom is 0.241 e. The second-order valence-electron chi connectivity index (χ2n) is 6.24. The maximum absolute atomic E-state index is 12.5. The first kappa shape index (κ1) is 15.5. The first-order valence-corrected chi connectivity index (χ1v) is 8.58. The summed E-state index contributed by atoms with van der Waals surface area (Å²) in [5, 5.41) is 3.33. The molecule has 2 N–H and O–H groups in total. The van der Waals surface area contributed by atoms with Crippen molar-refractivity contribution in [2.75, 3.05) is 0 Å². The van der Waals surface area contributed by atoms with Gasteiger partial charge in [-0.2, -0.15) is 0 Å². The number of nitrogens with one attached hydrogen (secondary N) is 2. The molecule has 0 heterocycles. The lowest BCUT2D eigenvalue weighted by molar-refractivity contribution is 0.556. The third-order valence-electron chi connectivity index (χ3n) is 3.77. The van der Waals surface area contributed by atoms with Crippen LogP contribution in [-0.4, -0.2) is 20.0 Å². The van der Waals surface area contributed by atoms with Crippen LogP contribution in [0.25, 0.3) is 0 Å². The van der Waals surface area contributed by atoms with Gasteiger partial charge in [-0.25, -0.2) is 13.1 Å². The van der Waals surface area contributed by atoms with E-state index in [1.807, 2.05) is 26.0 Å². The van der Waals surface area contributed by atoms with E-state index in [2.05, 4.69) is 23.9 Å². The Labute approximate surface area is 122 Å². The summed E-state index contributed by atoms with van der Waals surface area (Å²) in [7, 11) is -3.42. The van der Waals surface area contributed by atoms with Crippen molar-refractivity contribution >= 4 is 10.0 Å². The van der Waals surface area contributed by atoms with Crippen LogP contribution in [0.5, 0.6) is 0 Å². The molecule has 112 valence electrons. The first-order chi connectivity index (χ1) is 9.23. The van der Waals surface area contributed by atoms with E-state index in [9.17, 15) is 8.42 Å². The Morgan fingerprint density at radius 1 is 1.30 bits per heavy atom. The molecule has 0 radical (unpaired) electrons. The molecular weight excluding hydrogens is 272 g/mol. The lowest BCUT2D eigenvalue weighted by atomic mass is 10.1. The van der Waals surface area contributed by atoms with Crippen molar-refractivity contribution < 1.29 is 8.42 Å². The summed E-state index contributed by atoms with van der Waals surface area (Å²) in [4.78, 5) is 0.397. The highest BCUT2D eigenvalue weighted by Gasteiger charge is 2.41. The average molecular weight is 296 g/mol. The molecular formula is C15H24N2O2S. The topological polar surface area (TPSA) is 58.2 Å². The highest BCUT2D eigenvalue weighted by atomic mass is 32.2. The third kappa shape index (κ3) is 3.59. The fourth-order valence-corrected chi connectivity index (χ4v) is 3.88. The number of rotatable bonds is 6. The standard InChI is InChI=1S/C15H24N2O2S/c1-11(2)16-10-13-6-5-7-14(12(13)3)20(18,19)17-15(4)8-9-15/h5-7,11,16-17H,8-10H2,1-4H3. The zero-order valence-corrected chi connectivity index (χ0v) is 13.5. The summed E-state index contributed by atoms with van der Waals surface area (Å²) >= 11 is 0. The van der Waals surface area contributed by atoms with E-state index in [0.29, 0.717) is 17.5 Å². The van der Waals surface area contributed by atoms with Crippen molar-refractivity contribution in [1.29, 1.82) is 0 Å². The minimum absolute atomic E-state index is 0.239. The fraction of sp³-hybridized carbons (Fsp3) is 0.600. The molecule has 5 heteroatoms. The predicted molar refractivity (Wildman–Crippen MR) is 81.1 cm³/mol. The molecule has 0 aliphatic heterocycles. The Hall–Kier alpha value is -0.910. The Balaban J connectivity index is 2.25. The van der Waals surface area contributed by atoms with Gasteiger partial charge in [0, 0.05) is 18.1 Å². The highest BCUT2D eigenvalue weighted by Crippen LogP contribution is 2.36. The first-order valence-electron chi connectivity index (χ1n) is 7.09. The van der Waals surface area contributed by atoms with Crippen LogP contribution in [0.4, 0.5) is 0 Å². The molecule has 0 amide bonds. The lowest BCUT2D eigenvalue weighted by Crippen LogP contribution is -2.34. The van der Waals surface area contributed by atoms with Gasteiger partial charge in [-0.1, -0.05) is 26.0 Å². The van der Waals surface area contributed by atoms with Crippen LogP contribution in [0.1, 0.15) is 44.7 Å². The lowest BCUT2D eigenvalue weighted by Gasteiger charge is -2.16. The molecule has 1 saturated carbocycles. The summed E-state index contributed by atoms with van der Waals surface area (Å²) < 4.78 is 27.7. The number of hydrogen-bond acceptors (Lipinski definition) is 3. The second kappa shape index (κ2) is 5.47. The largest absolute Gasteiger partial charge is 0.310 e. The van der Waals surface area contributed by atoms with Crippen LogP contribution in [0.2, 0.25) is 0 Å². The molecule has 0 unspecified atom stereocenters. The van der Waals surface area contributed by atoms with Gasteiger partial charge in [-0.15, -0.1) is 0 Å². The quantitative estimate of drug-likeness (QED) is 0.847. The van der Waals surface area contributed by atoms with Gasteiger partial charge in [-0.3, -0.25) is 0 Å². The molecule has 0 aromatic heterocycles. The van der Waals surface area contributed by atoms with E-state index >= 15 is 0 Å². The molecule has 0 atom stereocenters. The molecule has 1 aromatic carbocycles. The molecule has 0 spiro atoms. The van der Waals surface area contributed by atoms with Gasteiger partial charge in [0.1, 0.15) is 0 Å². The van der Waals surface area contributed by atoms with Crippen molar-refractivity contribution in [2.45, 2.75) is 63.6 Å². The zero-order chi connectivity index (χ0) is 15.0. The van der Waals surface area contributed by atoms with Crippen molar-refractivity contribution in [3.05, 3.63) is 29.3 Å². The van der Waals surface area contributed by atoms with Gasteiger partial charge in [0.25, 0.3) is 0 Å². The highest BCUT2D eigenvalue weighted by molar-refractivity contribution is 7.89. The SMILES string of the molecule is Cc1c(CNC(C)C)cccc1S(=O)(=O)NC1(C)CC1. The molecule has 1 fully saturated rings. The molecule has 20 heavy (non-hydrogen) atoms. The summed E-state index contributed by atoms with van der Waals surface area (Å²) in [5.41, 5.74) is 1.62. The average Bonchev–Trinajstić information content (AvgIpc) is 3.03. The zero-order valence-electron chi connectivity index (χ0n) is 12.7. The Bertz CT molecular complexity index is 590. The van der Waals surface area contributed by atoms with Gasteiger partial charge < -0.3 is 5.32 Å². The number of hydrogen-bond donors (Lipinski definition) is 2. The van der Waals surface area contributed by atoms with Gasteiger partial charge in [-0.05, 0) is 43.9 Å². The minimum Gasteiger partial charge on any atom is -0.310 e. The molecule has 1 aliphatic rings. The predicted octanol–water partition coefficient (Wildman–Crippen LogP) is 2.32. The van der Waals surface area contributed by atoms with Crippen LogP contribution >= 0.6 is 0 Å². The van der Waals surface area contributed by atoms with Gasteiger partial charge in [0.05, 0.1) is 4.90 Å². The molecule has 1 aromatic rings. The molecule has 1 aliphatic carbocycles. The van der Waals surface area contributed by atoms with E-state index in [-0.39, 0.29) is 5.54 Å². The maximum atomic E-state index is 12.5. The van der Waals surface area contributed by atoms with Crippen LogP contribution in [-0.2, 0) is 16.6 Å². The Morgan fingerprint density at radius 2 is 1.95 bits per heavy atom. The molecule has 4 nitrogen and oxygen atoms in total. The second-order valence-corrected chi connectivity index (χ2v) is 7.89. The Morgan fingerprint density at radius 3 is 2.50 bits per heavy atom. The van der Waals surface area contributed by atoms with Gasteiger partial charge in [0.2, 0.25) is 10.0 Å². The summed E-state index contributed by atoms with van der Waals surface area (Å²) in [6, 6.07) is 5.84. The number of sulfonamides is 1. The van der Waals surface area contributed by atoms with Crippen molar-refractivity contribution in [3.63, 3.8) is 0 Å². The minimum atomic E-state index is -3.42. The van der Waals surface area contributed by atoms with Crippen LogP contribution in [0, 0.1) is 6.92 Å². The molecule has 0 bridgehead atoms. The number of benzene rings is 1. The van der Waals surface area contributed by atoms with Crippen LogP contribution in [0.3, 0.4) is 0 Å². The van der Waals surface area contributed by atoms with E-state index in [1.165, 1.54) is 0 Å².